The monoisotopic (exact) mass is 208 g/mol. The molecule has 0 aliphatic carbocycles. The maximum atomic E-state index is 5.36. The summed E-state index contributed by atoms with van der Waals surface area (Å²) in [7, 11) is 0. The summed E-state index contributed by atoms with van der Waals surface area (Å²) < 4.78 is 10.7. The average molecular weight is 209 g/mol. The Morgan fingerprint density at radius 3 is 3.10 bits per heavy atom. The Kier molecular flexibility index (Phi) is 4.34. The molecule has 0 amide bonds. The Labute approximate surface area is 70.0 Å². The van der Waals surface area contributed by atoms with Gasteiger partial charge in [0, 0.05) is 11.9 Å². The normalized spacial score (nSPS) is 25.5. The lowest BCUT2D eigenvalue weighted by Crippen LogP contribution is -2.14. The second-order valence-electron chi connectivity index (χ2n) is 2.40. The maximum Gasteiger partial charge on any atom is 0.0809 e. The fourth-order valence-electron chi connectivity index (χ4n) is 1.05. The molecule has 10 heavy (non-hydrogen) atoms. The number of hydrogen-bond acceptors (Lipinski definition) is 2. The molecule has 0 aromatic rings. The zero-order chi connectivity index (χ0) is 7.23. The van der Waals surface area contributed by atoms with Gasteiger partial charge in [0.05, 0.1) is 19.3 Å². The van der Waals surface area contributed by atoms with Crippen LogP contribution in [0.1, 0.15) is 12.8 Å². The Balaban J connectivity index is 1.91. The summed E-state index contributed by atoms with van der Waals surface area (Å²) in [5.74, 6) is 0. The molecular formula is C7H13BrO2. The molecule has 2 nitrogen and oxygen atoms in total. The van der Waals surface area contributed by atoms with Gasteiger partial charge in [-0.25, -0.2) is 0 Å². The van der Waals surface area contributed by atoms with Crippen LogP contribution < -0.4 is 0 Å². The van der Waals surface area contributed by atoms with Crippen molar-refractivity contribution in [1.82, 2.24) is 0 Å². The van der Waals surface area contributed by atoms with Crippen LogP contribution in [-0.4, -0.2) is 31.3 Å². The minimum absolute atomic E-state index is 0.374. The lowest BCUT2D eigenvalue weighted by molar-refractivity contribution is 0.0228. The number of alkyl halides is 1. The molecule has 1 atom stereocenters. The van der Waals surface area contributed by atoms with Crippen LogP contribution in [0.15, 0.2) is 0 Å². The van der Waals surface area contributed by atoms with Gasteiger partial charge in [-0.2, -0.15) is 0 Å². The Bertz CT molecular complexity index is 81.7. The van der Waals surface area contributed by atoms with E-state index in [0.717, 1.165) is 25.2 Å². The van der Waals surface area contributed by atoms with Crippen molar-refractivity contribution in [3.05, 3.63) is 0 Å². The SMILES string of the molecule is BrCCOC[C@H]1CCCO1. The van der Waals surface area contributed by atoms with Gasteiger partial charge in [0.15, 0.2) is 0 Å². The van der Waals surface area contributed by atoms with Crippen molar-refractivity contribution in [2.45, 2.75) is 18.9 Å². The molecule has 0 aromatic heterocycles. The standard InChI is InChI=1S/C7H13BrO2/c8-3-5-9-6-7-2-1-4-10-7/h7H,1-6H2/t7-/m1/s1. The van der Waals surface area contributed by atoms with Gasteiger partial charge in [-0.05, 0) is 12.8 Å². The van der Waals surface area contributed by atoms with Crippen molar-refractivity contribution in [1.29, 1.82) is 0 Å². The molecule has 60 valence electrons. The molecule has 0 N–H and O–H groups in total. The average Bonchev–Trinajstić information content (AvgIpc) is 2.41. The molecule has 0 radical (unpaired) electrons. The van der Waals surface area contributed by atoms with Gasteiger partial charge in [0.1, 0.15) is 0 Å². The summed E-state index contributed by atoms with van der Waals surface area (Å²) >= 11 is 3.29. The fraction of sp³-hybridized carbons (Fsp3) is 1.00. The van der Waals surface area contributed by atoms with Gasteiger partial charge >= 0.3 is 0 Å². The first-order valence-corrected chi connectivity index (χ1v) is 4.81. The van der Waals surface area contributed by atoms with E-state index in [0.29, 0.717) is 6.10 Å². The van der Waals surface area contributed by atoms with Crippen molar-refractivity contribution in [3.63, 3.8) is 0 Å². The third kappa shape index (κ3) is 2.99. The number of ether oxygens (including phenoxy) is 2. The molecule has 0 spiro atoms. The predicted molar refractivity (Wildman–Crippen MR) is 43.6 cm³/mol. The van der Waals surface area contributed by atoms with E-state index >= 15 is 0 Å². The first kappa shape index (κ1) is 8.50. The van der Waals surface area contributed by atoms with Crippen molar-refractivity contribution < 1.29 is 9.47 Å². The van der Waals surface area contributed by atoms with Crippen molar-refractivity contribution >= 4 is 15.9 Å². The van der Waals surface area contributed by atoms with E-state index in [-0.39, 0.29) is 0 Å². The highest BCUT2D eigenvalue weighted by Gasteiger charge is 2.14. The van der Waals surface area contributed by atoms with E-state index in [2.05, 4.69) is 15.9 Å². The van der Waals surface area contributed by atoms with Crippen LogP contribution in [0.4, 0.5) is 0 Å². The summed E-state index contributed by atoms with van der Waals surface area (Å²) in [5.41, 5.74) is 0. The topological polar surface area (TPSA) is 18.5 Å². The van der Waals surface area contributed by atoms with E-state index in [4.69, 9.17) is 9.47 Å². The lowest BCUT2D eigenvalue weighted by atomic mass is 10.2. The van der Waals surface area contributed by atoms with Crippen LogP contribution >= 0.6 is 15.9 Å². The molecule has 1 saturated heterocycles. The molecule has 1 fully saturated rings. The first-order valence-electron chi connectivity index (χ1n) is 3.69. The van der Waals surface area contributed by atoms with Crippen LogP contribution in [0.3, 0.4) is 0 Å². The molecular weight excluding hydrogens is 196 g/mol. The van der Waals surface area contributed by atoms with Gasteiger partial charge in [-0.3, -0.25) is 0 Å². The fourth-order valence-corrected chi connectivity index (χ4v) is 1.27. The summed E-state index contributed by atoms with van der Waals surface area (Å²) in [6.07, 6.45) is 2.74. The van der Waals surface area contributed by atoms with Crippen LogP contribution in [-0.2, 0) is 9.47 Å². The molecule has 1 aliphatic heterocycles. The molecule has 1 heterocycles. The second kappa shape index (κ2) is 5.10. The van der Waals surface area contributed by atoms with E-state index in [1.807, 2.05) is 0 Å². The summed E-state index contributed by atoms with van der Waals surface area (Å²) in [6.45, 7) is 2.48. The summed E-state index contributed by atoms with van der Waals surface area (Å²) in [5, 5.41) is 0.916. The highest BCUT2D eigenvalue weighted by Crippen LogP contribution is 2.11. The number of hydrogen-bond donors (Lipinski definition) is 0. The summed E-state index contributed by atoms with van der Waals surface area (Å²) in [4.78, 5) is 0. The Hall–Kier alpha value is 0.400. The van der Waals surface area contributed by atoms with Crippen molar-refractivity contribution in [3.8, 4) is 0 Å². The largest absolute Gasteiger partial charge is 0.378 e. The first-order chi connectivity index (χ1) is 4.93. The van der Waals surface area contributed by atoms with Crippen LogP contribution in [0.2, 0.25) is 0 Å². The molecule has 0 saturated carbocycles. The van der Waals surface area contributed by atoms with Crippen molar-refractivity contribution in [2.75, 3.05) is 25.2 Å². The molecule has 1 rings (SSSR count). The Morgan fingerprint density at radius 2 is 2.50 bits per heavy atom. The second-order valence-corrected chi connectivity index (χ2v) is 3.19. The number of halogens is 1. The highest BCUT2D eigenvalue weighted by molar-refractivity contribution is 9.09. The number of rotatable bonds is 4. The van der Waals surface area contributed by atoms with E-state index in [9.17, 15) is 0 Å². The van der Waals surface area contributed by atoms with Gasteiger partial charge in [0.2, 0.25) is 0 Å². The zero-order valence-corrected chi connectivity index (χ0v) is 7.60. The predicted octanol–water partition coefficient (Wildman–Crippen LogP) is 1.58. The third-order valence-corrected chi connectivity index (χ3v) is 1.87. The molecule has 0 bridgehead atoms. The van der Waals surface area contributed by atoms with Crippen molar-refractivity contribution in [2.24, 2.45) is 0 Å². The lowest BCUT2D eigenvalue weighted by Gasteiger charge is -2.08. The zero-order valence-electron chi connectivity index (χ0n) is 6.01. The van der Waals surface area contributed by atoms with E-state index < -0.39 is 0 Å². The van der Waals surface area contributed by atoms with E-state index in [1.54, 1.807) is 0 Å². The smallest absolute Gasteiger partial charge is 0.0809 e. The third-order valence-electron chi connectivity index (χ3n) is 1.55. The summed E-state index contributed by atoms with van der Waals surface area (Å²) in [6, 6.07) is 0. The van der Waals surface area contributed by atoms with Crippen LogP contribution in [0.25, 0.3) is 0 Å². The van der Waals surface area contributed by atoms with Crippen LogP contribution in [0.5, 0.6) is 0 Å². The molecule has 0 aromatic carbocycles. The van der Waals surface area contributed by atoms with Gasteiger partial charge in [0.25, 0.3) is 0 Å². The molecule has 0 unspecified atom stereocenters. The highest BCUT2D eigenvalue weighted by atomic mass is 79.9. The maximum absolute atomic E-state index is 5.36. The molecule has 1 aliphatic rings. The van der Waals surface area contributed by atoms with Crippen LogP contribution in [0, 0.1) is 0 Å². The van der Waals surface area contributed by atoms with Gasteiger partial charge in [-0.15, -0.1) is 0 Å². The Morgan fingerprint density at radius 1 is 1.60 bits per heavy atom. The minimum Gasteiger partial charge on any atom is -0.378 e. The van der Waals surface area contributed by atoms with Gasteiger partial charge < -0.3 is 9.47 Å². The van der Waals surface area contributed by atoms with E-state index in [1.165, 1.54) is 12.8 Å². The molecule has 3 heteroatoms. The van der Waals surface area contributed by atoms with Gasteiger partial charge in [-0.1, -0.05) is 15.9 Å². The minimum atomic E-state index is 0.374. The quantitative estimate of drug-likeness (QED) is 0.517.